The summed E-state index contributed by atoms with van der Waals surface area (Å²) < 4.78 is 25.9. The van der Waals surface area contributed by atoms with Crippen LogP contribution in [0, 0.1) is 0 Å². The molecule has 9 nitrogen and oxygen atoms in total. The van der Waals surface area contributed by atoms with Crippen molar-refractivity contribution in [2.24, 2.45) is 5.73 Å². The first-order chi connectivity index (χ1) is 12.1. The number of benzene rings is 1. The molecule has 2 aliphatic rings. The van der Waals surface area contributed by atoms with E-state index in [0.29, 0.717) is 31.3 Å². The molecule has 0 aliphatic carbocycles. The molecule has 0 bridgehead atoms. The summed E-state index contributed by atoms with van der Waals surface area (Å²) in [7, 11) is -3.67. The first-order valence-electron chi connectivity index (χ1n) is 7.99. The summed E-state index contributed by atoms with van der Waals surface area (Å²) in [6.45, 7) is 0.975. The summed E-state index contributed by atoms with van der Waals surface area (Å²) >= 11 is 0. The Morgan fingerprint density at radius 3 is 2.54 bits per heavy atom. The molecule has 1 fully saturated rings. The molecule has 0 spiro atoms. The summed E-state index contributed by atoms with van der Waals surface area (Å²) in [6.07, 6.45) is 2.14. The van der Waals surface area contributed by atoms with Crippen molar-refractivity contribution in [1.82, 2.24) is 10.2 Å². The van der Waals surface area contributed by atoms with Gasteiger partial charge in [-0.3, -0.25) is 24.3 Å². The van der Waals surface area contributed by atoms with Crippen LogP contribution in [0.5, 0.6) is 0 Å². The monoisotopic (exact) mass is 383 g/mol. The Hall–Kier alpha value is -2.30. The van der Waals surface area contributed by atoms with Gasteiger partial charge in [0.2, 0.25) is 11.8 Å². The van der Waals surface area contributed by atoms with E-state index in [1.54, 1.807) is 11.0 Å². The smallest absolute Gasteiger partial charge is 0.261 e. The highest BCUT2D eigenvalue weighted by Gasteiger charge is 2.38. The van der Waals surface area contributed by atoms with Crippen molar-refractivity contribution >= 4 is 27.8 Å². The van der Waals surface area contributed by atoms with Crippen molar-refractivity contribution in [2.45, 2.75) is 31.8 Å². The van der Waals surface area contributed by atoms with E-state index in [1.165, 1.54) is 0 Å². The molecular weight excluding hydrogens is 362 g/mol. The SMILES string of the molecule is CS(=O)(=O)O.NCCc1ccc2c(c1)CN(C1CCC(=O)NC1=O)C2=O. The maximum Gasteiger partial charge on any atom is 0.261 e. The molecule has 0 saturated carbocycles. The Balaban J connectivity index is 0.000000431. The molecule has 3 amide bonds. The number of hydrogen-bond donors (Lipinski definition) is 3. The lowest BCUT2D eigenvalue weighted by Crippen LogP contribution is -2.52. The normalized spacial score (nSPS) is 19.6. The van der Waals surface area contributed by atoms with Crippen molar-refractivity contribution in [1.29, 1.82) is 0 Å². The first kappa shape index (κ1) is 20.0. The zero-order chi connectivity index (χ0) is 19.5. The second-order valence-electron chi connectivity index (χ2n) is 6.16. The fourth-order valence-corrected chi connectivity index (χ4v) is 2.95. The minimum Gasteiger partial charge on any atom is -0.330 e. The van der Waals surface area contributed by atoms with Crippen molar-refractivity contribution in [3.8, 4) is 0 Å². The van der Waals surface area contributed by atoms with Gasteiger partial charge in [-0.25, -0.2) is 0 Å². The third-order valence-corrected chi connectivity index (χ3v) is 4.02. The number of rotatable bonds is 3. The van der Waals surface area contributed by atoms with Crippen LogP contribution in [0.2, 0.25) is 0 Å². The van der Waals surface area contributed by atoms with Gasteiger partial charge in [-0.05, 0) is 36.6 Å². The zero-order valence-corrected chi connectivity index (χ0v) is 15.1. The molecule has 1 unspecified atom stereocenters. The Labute approximate surface area is 151 Å². The molecule has 4 N–H and O–H groups in total. The Kier molecular flexibility index (Phi) is 6.11. The lowest BCUT2D eigenvalue weighted by atomic mass is 10.0. The molecule has 26 heavy (non-hydrogen) atoms. The fraction of sp³-hybridized carbons (Fsp3) is 0.438. The van der Waals surface area contributed by atoms with Gasteiger partial charge in [-0.15, -0.1) is 0 Å². The van der Waals surface area contributed by atoms with Crippen molar-refractivity contribution < 1.29 is 27.4 Å². The number of imide groups is 1. The van der Waals surface area contributed by atoms with E-state index in [1.807, 2.05) is 12.1 Å². The lowest BCUT2D eigenvalue weighted by molar-refractivity contribution is -0.136. The van der Waals surface area contributed by atoms with Gasteiger partial charge in [-0.2, -0.15) is 8.42 Å². The fourth-order valence-electron chi connectivity index (χ4n) is 2.95. The Morgan fingerprint density at radius 1 is 1.31 bits per heavy atom. The molecular formula is C16H21N3O6S. The molecule has 1 atom stereocenters. The average Bonchev–Trinajstić information content (AvgIpc) is 2.82. The average molecular weight is 383 g/mol. The van der Waals surface area contributed by atoms with Gasteiger partial charge >= 0.3 is 0 Å². The van der Waals surface area contributed by atoms with Gasteiger partial charge in [-0.1, -0.05) is 12.1 Å². The summed E-state index contributed by atoms with van der Waals surface area (Å²) in [5.74, 6) is -0.793. The van der Waals surface area contributed by atoms with Gasteiger partial charge in [0.1, 0.15) is 6.04 Å². The van der Waals surface area contributed by atoms with Crippen molar-refractivity contribution in [3.05, 3.63) is 34.9 Å². The summed E-state index contributed by atoms with van der Waals surface area (Å²) in [6, 6.07) is 5.12. The number of nitrogens with two attached hydrogens (primary N) is 1. The maximum absolute atomic E-state index is 12.4. The molecule has 2 heterocycles. The molecule has 1 saturated heterocycles. The highest BCUT2D eigenvalue weighted by Crippen LogP contribution is 2.28. The van der Waals surface area contributed by atoms with E-state index < -0.39 is 16.2 Å². The quantitative estimate of drug-likeness (QED) is 0.469. The van der Waals surface area contributed by atoms with Crippen LogP contribution in [0.15, 0.2) is 18.2 Å². The topological polar surface area (TPSA) is 147 Å². The molecule has 0 aromatic heterocycles. The van der Waals surface area contributed by atoms with Gasteiger partial charge in [0.15, 0.2) is 0 Å². The molecule has 10 heteroatoms. The van der Waals surface area contributed by atoms with Crippen molar-refractivity contribution in [2.75, 3.05) is 12.8 Å². The van der Waals surface area contributed by atoms with E-state index in [9.17, 15) is 22.8 Å². The summed E-state index contributed by atoms with van der Waals surface area (Å²) in [5, 5.41) is 2.30. The van der Waals surface area contributed by atoms with Crippen LogP contribution in [-0.4, -0.2) is 54.4 Å². The Morgan fingerprint density at radius 2 is 1.96 bits per heavy atom. The number of carbonyl (C=O) groups is 3. The molecule has 1 aromatic rings. The molecule has 3 rings (SSSR count). The molecule has 2 aliphatic heterocycles. The predicted octanol–water partition coefficient (Wildman–Crippen LogP) is -0.547. The molecule has 0 radical (unpaired) electrons. The van der Waals surface area contributed by atoms with E-state index >= 15 is 0 Å². The number of hydrogen-bond acceptors (Lipinski definition) is 6. The van der Waals surface area contributed by atoms with Crippen LogP contribution < -0.4 is 11.1 Å². The van der Waals surface area contributed by atoms with Gasteiger partial charge in [0.25, 0.3) is 16.0 Å². The zero-order valence-electron chi connectivity index (χ0n) is 14.3. The van der Waals surface area contributed by atoms with Gasteiger partial charge in [0.05, 0.1) is 6.26 Å². The minimum absolute atomic E-state index is 0.140. The van der Waals surface area contributed by atoms with E-state index in [-0.39, 0.29) is 24.1 Å². The van der Waals surface area contributed by atoms with Crippen LogP contribution in [0.4, 0.5) is 0 Å². The minimum atomic E-state index is -3.67. The number of amides is 3. The number of piperidine rings is 1. The second kappa shape index (κ2) is 7.94. The number of carbonyl (C=O) groups excluding carboxylic acids is 3. The number of nitrogens with one attached hydrogen (secondary N) is 1. The summed E-state index contributed by atoms with van der Waals surface area (Å²) in [4.78, 5) is 37.1. The van der Waals surface area contributed by atoms with Crippen LogP contribution in [0.3, 0.4) is 0 Å². The van der Waals surface area contributed by atoms with Crippen molar-refractivity contribution in [3.63, 3.8) is 0 Å². The highest BCUT2D eigenvalue weighted by atomic mass is 32.2. The second-order valence-corrected chi connectivity index (χ2v) is 7.63. The standard InChI is InChI=1S/C15H17N3O3.CH4O3S/c16-6-5-9-1-2-11-10(7-9)8-18(15(11)21)12-3-4-13(19)17-14(12)20;1-5(2,3)4/h1-2,7,12H,3-6,8,16H2,(H,17,19,20);1H3,(H,2,3,4). The third-order valence-electron chi connectivity index (χ3n) is 4.02. The first-order valence-corrected chi connectivity index (χ1v) is 9.84. The largest absolute Gasteiger partial charge is 0.330 e. The lowest BCUT2D eigenvalue weighted by Gasteiger charge is -2.29. The van der Waals surface area contributed by atoms with Crippen LogP contribution in [-0.2, 0) is 32.7 Å². The van der Waals surface area contributed by atoms with Crippen LogP contribution in [0.1, 0.15) is 34.3 Å². The number of nitrogens with zero attached hydrogens (tertiary/aromatic N) is 1. The Bertz CT molecular complexity index is 828. The van der Waals surface area contributed by atoms with E-state index in [2.05, 4.69) is 5.32 Å². The molecule has 142 valence electrons. The highest BCUT2D eigenvalue weighted by molar-refractivity contribution is 7.85. The third kappa shape index (κ3) is 5.10. The van der Waals surface area contributed by atoms with E-state index in [0.717, 1.165) is 17.5 Å². The van der Waals surface area contributed by atoms with E-state index in [4.69, 9.17) is 10.3 Å². The van der Waals surface area contributed by atoms with Crippen LogP contribution >= 0.6 is 0 Å². The summed E-state index contributed by atoms with van der Waals surface area (Å²) in [5.41, 5.74) is 8.20. The van der Waals surface area contributed by atoms with Gasteiger partial charge < -0.3 is 10.6 Å². The van der Waals surface area contributed by atoms with Gasteiger partial charge in [0, 0.05) is 18.5 Å². The molecule has 1 aromatic carbocycles. The number of fused-ring (bicyclic) bond motifs is 1. The maximum atomic E-state index is 12.4. The van der Waals surface area contributed by atoms with Crippen LogP contribution in [0.25, 0.3) is 0 Å². The predicted molar refractivity (Wildman–Crippen MR) is 92.7 cm³/mol.